The number of Topliss-reactive ketones (excluding diaryl/α,β-unsaturated/α-hetero) is 2. The van der Waals surface area contributed by atoms with Crippen LogP contribution in [0.4, 0.5) is 0 Å². The van der Waals surface area contributed by atoms with Gasteiger partial charge in [-0.05, 0) is 61.4 Å². The van der Waals surface area contributed by atoms with Crippen LogP contribution in [0.25, 0.3) is 0 Å². The van der Waals surface area contributed by atoms with E-state index in [1.165, 1.54) is 0 Å². The molecule has 41 heavy (non-hydrogen) atoms. The molecule has 0 unspecified atom stereocenters. The molecule has 1 heterocycles. The van der Waals surface area contributed by atoms with E-state index in [0.29, 0.717) is 49.1 Å². The Morgan fingerprint density at radius 1 is 0.780 bits per heavy atom. The summed E-state index contributed by atoms with van der Waals surface area (Å²) < 4.78 is 12.2. The second-order valence-electron chi connectivity index (χ2n) is 10.8. The van der Waals surface area contributed by atoms with Gasteiger partial charge >= 0.3 is 0 Å². The second-order valence-corrected chi connectivity index (χ2v) is 11.2. The van der Waals surface area contributed by atoms with Gasteiger partial charge in [-0.2, -0.15) is 0 Å². The smallest absolute Gasteiger partial charge is 0.180 e. The van der Waals surface area contributed by atoms with Crippen LogP contribution in [0.1, 0.15) is 68.1 Å². The number of benzene rings is 3. The summed E-state index contributed by atoms with van der Waals surface area (Å²) in [4.78, 5) is 29.7. The normalized spacial score (nSPS) is 17.5. The summed E-state index contributed by atoms with van der Waals surface area (Å²) in [5, 5.41) is 0.407. The van der Waals surface area contributed by atoms with Crippen LogP contribution in [0.2, 0.25) is 5.02 Å². The van der Waals surface area contributed by atoms with E-state index in [9.17, 15) is 9.59 Å². The zero-order valence-electron chi connectivity index (χ0n) is 23.3. The number of halogens is 1. The number of ketones is 2. The maximum absolute atomic E-state index is 13.7. The van der Waals surface area contributed by atoms with Crippen LogP contribution in [0, 0.1) is 0 Å². The lowest BCUT2D eigenvalue weighted by Gasteiger charge is -2.44. The van der Waals surface area contributed by atoms with Gasteiger partial charge in [0.05, 0.1) is 11.6 Å². The van der Waals surface area contributed by atoms with Gasteiger partial charge in [-0.15, -0.1) is 0 Å². The lowest BCUT2D eigenvalue weighted by Crippen LogP contribution is -2.38. The van der Waals surface area contributed by atoms with Gasteiger partial charge in [0, 0.05) is 47.8 Å². The van der Waals surface area contributed by atoms with Crippen molar-refractivity contribution in [2.45, 2.75) is 64.5 Å². The average Bonchev–Trinajstić information content (AvgIpc) is 2.98. The van der Waals surface area contributed by atoms with Crippen molar-refractivity contribution in [3.8, 4) is 11.5 Å². The third kappa shape index (κ3) is 5.43. The standard InChI is InChI=1S/C35H34ClNO4/c1-2-40-31-20-25(19-26(36)35(31)41-22-24-13-7-4-8-14-24)32-33-27(15-9-17-29(33)38)37(21-23-11-5-3-6-12-23)28-16-10-18-30(39)34(28)32/h3-8,11-14,19-20,32H,2,9-10,15-18,21-22H2,1H3. The minimum absolute atomic E-state index is 0.109. The predicted molar refractivity (Wildman–Crippen MR) is 160 cm³/mol. The Kier molecular flexibility index (Phi) is 7.97. The Labute approximate surface area is 246 Å². The summed E-state index contributed by atoms with van der Waals surface area (Å²) in [5.74, 6) is 0.743. The van der Waals surface area contributed by atoms with E-state index in [0.717, 1.165) is 64.9 Å². The van der Waals surface area contributed by atoms with E-state index in [2.05, 4.69) is 17.0 Å². The molecule has 210 valence electrons. The Balaban J connectivity index is 1.46. The van der Waals surface area contributed by atoms with Crippen molar-refractivity contribution in [1.82, 2.24) is 4.90 Å². The van der Waals surface area contributed by atoms with Crippen LogP contribution >= 0.6 is 11.6 Å². The fraction of sp³-hybridized carbons (Fsp3) is 0.314. The number of carbonyl (C=O) groups is 2. The maximum atomic E-state index is 13.7. The summed E-state index contributed by atoms with van der Waals surface area (Å²) >= 11 is 6.90. The summed E-state index contributed by atoms with van der Waals surface area (Å²) in [6.07, 6.45) is 4.19. The van der Waals surface area contributed by atoms with Crippen LogP contribution in [-0.4, -0.2) is 23.1 Å². The predicted octanol–water partition coefficient (Wildman–Crippen LogP) is 7.93. The molecule has 0 amide bonds. The van der Waals surface area contributed by atoms with Gasteiger partial charge in [0.15, 0.2) is 23.1 Å². The first-order valence-electron chi connectivity index (χ1n) is 14.5. The molecule has 0 fully saturated rings. The third-order valence-electron chi connectivity index (χ3n) is 8.16. The monoisotopic (exact) mass is 567 g/mol. The maximum Gasteiger partial charge on any atom is 0.180 e. The van der Waals surface area contributed by atoms with Crippen molar-refractivity contribution in [3.63, 3.8) is 0 Å². The SMILES string of the molecule is CCOc1cc(C2C3=C(CCCC3=O)N(Cc3ccccc3)C3=C2C(=O)CCC3)cc(Cl)c1OCc1ccccc1. The van der Waals surface area contributed by atoms with Crippen molar-refractivity contribution < 1.29 is 19.1 Å². The average molecular weight is 568 g/mol. The van der Waals surface area contributed by atoms with Crippen molar-refractivity contribution in [2.75, 3.05) is 6.61 Å². The van der Waals surface area contributed by atoms with E-state index in [1.54, 1.807) is 0 Å². The zero-order chi connectivity index (χ0) is 28.3. The Morgan fingerprint density at radius 3 is 1.95 bits per heavy atom. The molecule has 6 rings (SSSR count). The van der Waals surface area contributed by atoms with Crippen LogP contribution in [-0.2, 0) is 22.7 Å². The first-order valence-corrected chi connectivity index (χ1v) is 14.9. The molecule has 0 saturated carbocycles. The number of carbonyl (C=O) groups excluding carboxylic acids is 2. The lowest BCUT2D eigenvalue weighted by atomic mass is 9.71. The van der Waals surface area contributed by atoms with Crippen LogP contribution in [0.15, 0.2) is 95.3 Å². The van der Waals surface area contributed by atoms with Crippen molar-refractivity contribution >= 4 is 23.2 Å². The van der Waals surface area contributed by atoms with E-state index < -0.39 is 5.92 Å². The molecule has 0 atom stereocenters. The van der Waals surface area contributed by atoms with Crippen LogP contribution < -0.4 is 9.47 Å². The van der Waals surface area contributed by atoms with Crippen molar-refractivity contribution in [1.29, 1.82) is 0 Å². The van der Waals surface area contributed by atoms with Gasteiger partial charge in [0.1, 0.15) is 6.61 Å². The summed E-state index contributed by atoms with van der Waals surface area (Å²) in [6.45, 7) is 3.33. The third-order valence-corrected chi connectivity index (χ3v) is 8.44. The molecule has 3 aromatic carbocycles. The van der Waals surface area contributed by atoms with Gasteiger partial charge < -0.3 is 14.4 Å². The largest absolute Gasteiger partial charge is 0.490 e. The van der Waals surface area contributed by atoms with Gasteiger partial charge in [0.2, 0.25) is 0 Å². The molecular weight excluding hydrogens is 534 g/mol. The molecule has 0 spiro atoms. The highest BCUT2D eigenvalue weighted by Gasteiger charge is 2.43. The summed E-state index contributed by atoms with van der Waals surface area (Å²) in [7, 11) is 0. The highest BCUT2D eigenvalue weighted by Crippen LogP contribution is 2.51. The molecule has 3 aromatic rings. The highest BCUT2D eigenvalue weighted by atomic mass is 35.5. The molecule has 0 aromatic heterocycles. The van der Waals surface area contributed by atoms with E-state index in [-0.39, 0.29) is 11.6 Å². The topological polar surface area (TPSA) is 55.8 Å². The molecule has 0 radical (unpaired) electrons. The van der Waals surface area contributed by atoms with Crippen molar-refractivity contribution in [2.24, 2.45) is 0 Å². The molecule has 6 heteroatoms. The second kappa shape index (κ2) is 12.0. The first-order chi connectivity index (χ1) is 20.0. The van der Waals surface area contributed by atoms with Gasteiger partial charge in [0.25, 0.3) is 0 Å². The quantitative estimate of drug-likeness (QED) is 0.276. The number of ether oxygens (including phenoxy) is 2. The van der Waals surface area contributed by atoms with Gasteiger partial charge in [-0.3, -0.25) is 9.59 Å². The number of hydrogen-bond donors (Lipinski definition) is 0. The zero-order valence-corrected chi connectivity index (χ0v) is 24.1. The Hall–Kier alpha value is -3.83. The molecule has 1 aliphatic heterocycles. The summed E-state index contributed by atoms with van der Waals surface area (Å²) in [5.41, 5.74) is 6.53. The molecule has 5 nitrogen and oxygen atoms in total. The van der Waals surface area contributed by atoms with E-state index in [4.69, 9.17) is 21.1 Å². The highest BCUT2D eigenvalue weighted by molar-refractivity contribution is 6.32. The molecule has 0 bridgehead atoms. The van der Waals surface area contributed by atoms with E-state index in [1.807, 2.05) is 67.6 Å². The summed E-state index contributed by atoms with van der Waals surface area (Å²) in [6, 6.07) is 24.0. The van der Waals surface area contributed by atoms with Crippen molar-refractivity contribution in [3.05, 3.63) is 117 Å². The van der Waals surface area contributed by atoms with Gasteiger partial charge in [-0.1, -0.05) is 72.3 Å². The molecule has 2 aliphatic carbocycles. The molecular formula is C35H34ClNO4. The number of rotatable bonds is 8. The van der Waals surface area contributed by atoms with Crippen LogP contribution in [0.5, 0.6) is 11.5 Å². The fourth-order valence-corrected chi connectivity index (χ4v) is 6.67. The molecule has 3 aliphatic rings. The number of hydrogen-bond acceptors (Lipinski definition) is 5. The molecule has 0 N–H and O–H groups in total. The van der Waals surface area contributed by atoms with Gasteiger partial charge in [-0.25, -0.2) is 0 Å². The minimum atomic E-state index is -0.465. The van der Waals surface area contributed by atoms with E-state index >= 15 is 0 Å². The Bertz CT molecular complexity index is 1480. The Morgan fingerprint density at radius 2 is 1.37 bits per heavy atom. The first kappa shape index (κ1) is 27.3. The number of allylic oxidation sites excluding steroid dienone is 4. The number of nitrogens with zero attached hydrogens (tertiary/aromatic N) is 1. The van der Waals surface area contributed by atoms with Crippen LogP contribution in [0.3, 0.4) is 0 Å². The molecule has 0 saturated heterocycles. The lowest BCUT2D eigenvalue weighted by molar-refractivity contribution is -0.117. The fourth-order valence-electron chi connectivity index (χ4n) is 6.39. The minimum Gasteiger partial charge on any atom is -0.490 e.